The monoisotopic (exact) mass is 815 g/mol. The number of ether oxygens (including phenoxy) is 2. The Hall–Kier alpha value is -6.17. The number of nitrogens with zero attached hydrogens (tertiary/aromatic N) is 7. The smallest absolute Gasteiger partial charge is 0.420 e. The summed E-state index contributed by atoms with van der Waals surface area (Å²) in [5.74, 6) is 0.918. The van der Waals surface area contributed by atoms with Gasteiger partial charge in [-0.25, -0.2) is 4.79 Å². The molecule has 3 aliphatic heterocycles. The van der Waals surface area contributed by atoms with Crippen LogP contribution in [0.2, 0.25) is 0 Å². The predicted octanol–water partition coefficient (Wildman–Crippen LogP) is 4.91. The first-order chi connectivity index (χ1) is 28.3. The van der Waals surface area contributed by atoms with Crippen molar-refractivity contribution in [3.05, 3.63) is 70.4 Å². The largest absolute Gasteiger partial charge is 0.496 e. The van der Waals surface area contributed by atoms with Crippen LogP contribution in [0.4, 0.5) is 29.5 Å². The number of fused-ring (bicyclic) bond motifs is 2. The van der Waals surface area contributed by atoms with Crippen LogP contribution in [0.1, 0.15) is 36.8 Å². The first-order valence-electron chi connectivity index (χ1n) is 19.5. The van der Waals surface area contributed by atoms with E-state index in [9.17, 15) is 32.3 Å². The number of pyridine rings is 2. The molecule has 4 amide bonds. The van der Waals surface area contributed by atoms with E-state index >= 15 is 0 Å². The highest BCUT2D eigenvalue weighted by Crippen LogP contribution is 2.44. The lowest BCUT2D eigenvalue weighted by molar-refractivity contribution is -0.136. The summed E-state index contributed by atoms with van der Waals surface area (Å²) in [6, 6.07) is 7.91. The molecule has 59 heavy (non-hydrogen) atoms. The van der Waals surface area contributed by atoms with Crippen LogP contribution in [-0.2, 0) is 29.4 Å². The number of hydrogen-bond donors (Lipinski definition) is 2. The number of nitrogens with one attached hydrogen (secondary N) is 2. The topological polar surface area (TPSA) is 158 Å². The van der Waals surface area contributed by atoms with Crippen LogP contribution in [0, 0.1) is 5.92 Å². The third-order valence-electron chi connectivity index (χ3n) is 11.7. The standard InChI is InChI=1S/C41H44F3N9O6/c1-49-22-29(26-6-10-45-21-28(26)39(49)56)25-19-32(58-2)30(33(20-25)59-3)23-50-14-16-52(17-15-50)35(55)18-24-7-11-51(12-8-24)31-5-4-27-37(36(31)41(42,43)44)47-48-38(27)53-13-9-34(54)46-40(53)57/h4-6,10,19-22,24H,7-9,11-18,23H2,1-3H3,(H,47,48)(H,46,54,57). The van der Waals surface area contributed by atoms with Gasteiger partial charge in [0, 0.05) is 102 Å². The quantitative estimate of drug-likeness (QED) is 0.210. The Morgan fingerprint density at radius 2 is 1.63 bits per heavy atom. The molecule has 3 saturated heterocycles. The van der Waals surface area contributed by atoms with Gasteiger partial charge in [-0.15, -0.1) is 0 Å². The fourth-order valence-electron chi connectivity index (χ4n) is 8.56. The van der Waals surface area contributed by atoms with Crippen molar-refractivity contribution in [1.82, 2.24) is 34.9 Å². The Labute approximate surface area is 336 Å². The number of hydrogen-bond acceptors (Lipinski definition) is 10. The molecule has 2 aromatic carbocycles. The molecule has 2 N–H and O–H groups in total. The molecule has 15 nitrogen and oxygen atoms in total. The normalized spacial score (nSPS) is 17.2. The number of halogens is 3. The Kier molecular flexibility index (Phi) is 10.7. The van der Waals surface area contributed by atoms with Gasteiger partial charge in [0.25, 0.3) is 5.56 Å². The molecule has 0 radical (unpaired) electrons. The Balaban J connectivity index is 0.890. The number of anilines is 2. The molecule has 18 heteroatoms. The second-order valence-electron chi connectivity index (χ2n) is 15.2. The summed E-state index contributed by atoms with van der Waals surface area (Å²) < 4.78 is 57.2. The maximum absolute atomic E-state index is 14.7. The Morgan fingerprint density at radius 3 is 2.29 bits per heavy atom. The lowest BCUT2D eigenvalue weighted by atomic mass is 9.92. The zero-order valence-electron chi connectivity index (χ0n) is 32.9. The number of aromatic nitrogens is 4. The van der Waals surface area contributed by atoms with Gasteiger partial charge in [-0.3, -0.25) is 39.6 Å². The van der Waals surface area contributed by atoms with Crippen LogP contribution in [0.3, 0.4) is 0 Å². The molecule has 3 fully saturated rings. The average Bonchev–Trinajstić information content (AvgIpc) is 3.65. The van der Waals surface area contributed by atoms with Crippen LogP contribution >= 0.6 is 0 Å². The molecular formula is C41H44F3N9O6. The van der Waals surface area contributed by atoms with Crippen molar-refractivity contribution < 1.29 is 37.0 Å². The number of carbonyl (C=O) groups is 3. The van der Waals surface area contributed by atoms with Crippen molar-refractivity contribution in [1.29, 1.82) is 0 Å². The van der Waals surface area contributed by atoms with Gasteiger partial charge < -0.3 is 23.8 Å². The first-order valence-corrected chi connectivity index (χ1v) is 19.5. The van der Waals surface area contributed by atoms with Crippen LogP contribution in [0.15, 0.2) is 53.7 Å². The number of amides is 4. The van der Waals surface area contributed by atoms with Gasteiger partial charge in [0.1, 0.15) is 17.1 Å². The number of imide groups is 1. The maximum Gasteiger partial charge on any atom is 0.420 e. The van der Waals surface area contributed by atoms with E-state index in [1.807, 2.05) is 23.1 Å². The SMILES string of the molecule is COc1cc(-c2cn(C)c(=O)c3cnccc23)cc(OC)c1CN1CCN(C(=O)CC2CCN(c3ccc4c(N5CCC(=O)NC5=O)n[nH]c4c3C(F)(F)F)CC2)CC1. The summed E-state index contributed by atoms with van der Waals surface area (Å²) in [4.78, 5) is 61.5. The van der Waals surface area contributed by atoms with E-state index in [1.54, 1.807) is 44.8 Å². The molecule has 0 spiro atoms. The Morgan fingerprint density at radius 1 is 0.915 bits per heavy atom. The molecule has 310 valence electrons. The summed E-state index contributed by atoms with van der Waals surface area (Å²) in [5.41, 5.74) is 1.32. The molecule has 0 unspecified atom stereocenters. The number of piperidine rings is 1. The van der Waals surface area contributed by atoms with Gasteiger partial charge >= 0.3 is 12.2 Å². The third kappa shape index (κ3) is 7.64. The lowest BCUT2D eigenvalue weighted by Crippen LogP contribution is -2.49. The highest BCUT2D eigenvalue weighted by molar-refractivity contribution is 6.09. The van der Waals surface area contributed by atoms with Crippen LogP contribution < -0.4 is 30.1 Å². The van der Waals surface area contributed by atoms with Crippen molar-refractivity contribution >= 4 is 51.0 Å². The van der Waals surface area contributed by atoms with E-state index in [0.29, 0.717) is 82.0 Å². The van der Waals surface area contributed by atoms with Crippen LogP contribution in [-0.4, -0.2) is 107 Å². The maximum atomic E-state index is 14.7. The molecule has 0 bridgehead atoms. The van der Waals surface area contributed by atoms with Crippen molar-refractivity contribution in [2.45, 2.75) is 38.4 Å². The minimum Gasteiger partial charge on any atom is -0.496 e. The van der Waals surface area contributed by atoms with E-state index < -0.39 is 23.7 Å². The highest BCUT2D eigenvalue weighted by atomic mass is 19.4. The summed E-state index contributed by atoms with van der Waals surface area (Å²) in [6.45, 7) is 3.57. The number of benzene rings is 2. The number of aryl methyl sites for hydroxylation is 1. The predicted molar refractivity (Wildman–Crippen MR) is 214 cm³/mol. The van der Waals surface area contributed by atoms with Crippen LogP contribution in [0.25, 0.3) is 32.8 Å². The van der Waals surface area contributed by atoms with Gasteiger partial charge in [-0.1, -0.05) is 0 Å². The molecule has 0 saturated carbocycles. The molecule has 5 aromatic rings. The number of rotatable bonds is 9. The zero-order chi connectivity index (χ0) is 41.6. The van der Waals surface area contributed by atoms with E-state index in [-0.39, 0.29) is 52.8 Å². The molecule has 3 aromatic heterocycles. The fourth-order valence-corrected chi connectivity index (χ4v) is 8.56. The van der Waals surface area contributed by atoms with Crippen molar-refractivity contribution in [2.75, 3.05) is 69.8 Å². The van der Waals surface area contributed by atoms with Gasteiger partial charge in [-0.05, 0) is 60.0 Å². The van der Waals surface area contributed by atoms with Crippen molar-refractivity contribution in [3.63, 3.8) is 0 Å². The number of carbonyl (C=O) groups excluding carboxylic acids is 3. The number of piperazine rings is 1. The number of methoxy groups -OCH3 is 2. The van der Waals surface area contributed by atoms with Gasteiger partial charge in [-0.2, -0.15) is 18.3 Å². The van der Waals surface area contributed by atoms with Crippen LogP contribution in [0.5, 0.6) is 11.5 Å². The molecule has 6 heterocycles. The second-order valence-corrected chi connectivity index (χ2v) is 15.2. The molecule has 0 aliphatic carbocycles. The molecule has 3 aliphatic rings. The van der Waals surface area contributed by atoms with Crippen molar-refractivity contribution in [2.24, 2.45) is 13.0 Å². The summed E-state index contributed by atoms with van der Waals surface area (Å²) in [5, 5.41) is 10.2. The lowest BCUT2D eigenvalue weighted by Gasteiger charge is -2.38. The van der Waals surface area contributed by atoms with Gasteiger partial charge in [0.15, 0.2) is 5.82 Å². The first kappa shape index (κ1) is 39.6. The number of H-pyrrole nitrogens is 1. The summed E-state index contributed by atoms with van der Waals surface area (Å²) >= 11 is 0. The number of aromatic amines is 1. The molecule has 8 rings (SSSR count). The Bertz CT molecular complexity index is 2480. The highest BCUT2D eigenvalue weighted by Gasteiger charge is 2.40. The zero-order valence-corrected chi connectivity index (χ0v) is 32.9. The number of alkyl halides is 3. The molecule has 0 atom stereocenters. The second kappa shape index (κ2) is 15.9. The fraction of sp³-hybridized carbons (Fsp3) is 0.415. The van der Waals surface area contributed by atoms with Gasteiger partial charge in [0.05, 0.1) is 36.4 Å². The van der Waals surface area contributed by atoms with Crippen molar-refractivity contribution in [3.8, 4) is 22.6 Å². The van der Waals surface area contributed by atoms with E-state index in [0.717, 1.165) is 27.0 Å². The average molecular weight is 816 g/mol. The third-order valence-corrected chi connectivity index (χ3v) is 11.7. The van der Waals surface area contributed by atoms with Gasteiger partial charge in [0.2, 0.25) is 11.8 Å². The van der Waals surface area contributed by atoms with E-state index in [1.165, 1.54) is 16.7 Å². The minimum absolute atomic E-state index is 0.00689. The summed E-state index contributed by atoms with van der Waals surface area (Å²) in [7, 11) is 4.93. The van der Waals surface area contributed by atoms with E-state index in [4.69, 9.17) is 9.47 Å². The summed E-state index contributed by atoms with van der Waals surface area (Å²) in [6.07, 6.45) is 1.75. The molecular weight excluding hydrogens is 772 g/mol. The number of urea groups is 1. The minimum atomic E-state index is -4.72. The van der Waals surface area contributed by atoms with E-state index in [2.05, 4.69) is 25.4 Å².